The van der Waals surface area contributed by atoms with Crippen LogP contribution in [-0.2, 0) is 11.3 Å². The number of rotatable bonds is 7. The normalized spacial score (nSPS) is 11.9. The van der Waals surface area contributed by atoms with Gasteiger partial charge in [0.1, 0.15) is 5.75 Å². The first-order valence-corrected chi connectivity index (χ1v) is 9.76. The molecular formula is C23H27N3O3. The largest absolute Gasteiger partial charge is 0.480 e. The molecule has 1 heterocycles. The number of ether oxygens (including phenoxy) is 1. The Morgan fingerprint density at radius 3 is 2.55 bits per heavy atom. The van der Waals surface area contributed by atoms with E-state index < -0.39 is 6.10 Å². The van der Waals surface area contributed by atoms with Crippen LogP contribution in [0.25, 0.3) is 11.4 Å². The number of nitrogens with zero attached hydrogens (tertiary/aromatic N) is 3. The summed E-state index contributed by atoms with van der Waals surface area (Å²) in [6, 6.07) is 13.7. The van der Waals surface area contributed by atoms with Crippen molar-refractivity contribution in [3.8, 4) is 17.1 Å². The smallest absolute Gasteiger partial charge is 0.263 e. The van der Waals surface area contributed by atoms with Crippen molar-refractivity contribution in [2.24, 2.45) is 0 Å². The second kappa shape index (κ2) is 8.90. The van der Waals surface area contributed by atoms with Gasteiger partial charge in [-0.05, 0) is 44.4 Å². The molecule has 0 bridgehead atoms. The number of carbonyl (C=O) groups is 1. The lowest BCUT2D eigenvalue weighted by Gasteiger charge is -2.23. The van der Waals surface area contributed by atoms with Gasteiger partial charge < -0.3 is 14.2 Å². The molecule has 0 N–H and O–H groups in total. The molecule has 0 radical (unpaired) electrons. The maximum Gasteiger partial charge on any atom is 0.263 e. The van der Waals surface area contributed by atoms with Crippen molar-refractivity contribution in [1.82, 2.24) is 15.0 Å². The molecule has 1 atom stereocenters. The van der Waals surface area contributed by atoms with Crippen molar-refractivity contribution in [3.63, 3.8) is 0 Å². The average Bonchev–Trinajstić information content (AvgIpc) is 3.17. The van der Waals surface area contributed by atoms with Crippen molar-refractivity contribution >= 4 is 5.91 Å². The zero-order valence-electron chi connectivity index (χ0n) is 17.6. The number of hydrogen-bond donors (Lipinski definition) is 0. The number of likely N-dealkylation sites (N-methyl/N-ethyl adjacent to an activating group) is 1. The minimum absolute atomic E-state index is 0.122. The Labute approximate surface area is 171 Å². The molecule has 0 aliphatic carbocycles. The predicted molar refractivity (Wildman–Crippen MR) is 112 cm³/mol. The van der Waals surface area contributed by atoms with E-state index in [1.807, 2.05) is 70.2 Å². The first-order chi connectivity index (χ1) is 13.9. The minimum Gasteiger partial charge on any atom is -0.480 e. The summed E-state index contributed by atoms with van der Waals surface area (Å²) in [4.78, 5) is 18.9. The molecule has 3 rings (SSSR count). The first-order valence-electron chi connectivity index (χ1n) is 9.76. The number of benzene rings is 2. The molecule has 0 aliphatic heterocycles. The van der Waals surface area contributed by atoms with Gasteiger partial charge in [0.15, 0.2) is 6.10 Å². The Hall–Kier alpha value is -3.15. The van der Waals surface area contributed by atoms with E-state index >= 15 is 0 Å². The Morgan fingerprint density at radius 2 is 1.86 bits per heavy atom. The molecule has 2 aromatic carbocycles. The molecular weight excluding hydrogens is 366 g/mol. The van der Waals surface area contributed by atoms with Crippen LogP contribution in [0.15, 0.2) is 47.0 Å². The zero-order chi connectivity index (χ0) is 21.0. The highest BCUT2D eigenvalue weighted by Gasteiger charge is 2.24. The molecule has 0 saturated carbocycles. The third-order valence-corrected chi connectivity index (χ3v) is 5.00. The third-order valence-electron chi connectivity index (χ3n) is 5.00. The number of amides is 1. The monoisotopic (exact) mass is 393 g/mol. The number of aromatic nitrogens is 2. The fraction of sp³-hybridized carbons (Fsp3) is 0.348. The molecule has 0 spiro atoms. The summed E-state index contributed by atoms with van der Waals surface area (Å²) in [6.45, 7) is 8.21. The number of aryl methyl sites for hydroxylation is 2. The SMILES string of the molecule is CC[C@@H](Oc1cccc(C)c1C)C(=O)N(C)Cc1nc(-c2ccc(C)cc2)no1. The fourth-order valence-electron chi connectivity index (χ4n) is 2.98. The lowest BCUT2D eigenvalue weighted by molar-refractivity contribution is -0.138. The topological polar surface area (TPSA) is 68.5 Å². The summed E-state index contributed by atoms with van der Waals surface area (Å²) in [5.74, 6) is 1.51. The van der Waals surface area contributed by atoms with Crippen LogP contribution >= 0.6 is 0 Å². The third kappa shape index (κ3) is 4.83. The van der Waals surface area contributed by atoms with Crippen LogP contribution in [0.2, 0.25) is 0 Å². The molecule has 6 heteroatoms. The van der Waals surface area contributed by atoms with E-state index in [9.17, 15) is 4.79 Å². The predicted octanol–water partition coefficient (Wildman–Crippen LogP) is 4.48. The van der Waals surface area contributed by atoms with Crippen molar-refractivity contribution in [3.05, 3.63) is 65.0 Å². The zero-order valence-corrected chi connectivity index (χ0v) is 17.6. The summed E-state index contributed by atoms with van der Waals surface area (Å²) < 4.78 is 11.4. The highest BCUT2D eigenvalue weighted by molar-refractivity contribution is 5.81. The molecule has 6 nitrogen and oxygen atoms in total. The molecule has 152 valence electrons. The van der Waals surface area contributed by atoms with Crippen LogP contribution in [0, 0.1) is 20.8 Å². The van der Waals surface area contributed by atoms with E-state index in [-0.39, 0.29) is 12.5 Å². The highest BCUT2D eigenvalue weighted by Crippen LogP contribution is 2.23. The van der Waals surface area contributed by atoms with Gasteiger partial charge in [-0.15, -0.1) is 0 Å². The Kier molecular flexibility index (Phi) is 6.32. The highest BCUT2D eigenvalue weighted by atomic mass is 16.5. The first kappa shape index (κ1) is 20.6. The van der Waals surface area contributed by atoms with Crippen LogP contribution in [0.4, 0.5) is 0 Å². The molecule has 0 saturated heterocycles. The van der Waals surface area contributed by atoms with Gasteiger partial charge in [-0.1, -0.05) is 54.0 Å². The Morgan fingerprint density at radius 1 is 1.14 bits per heavy atom. The van der Waals surface area contributed by atoms with Gasteiger partial charge >= 0.3 is 0 Å². The van der Waals surface area contributed by atoms with Gasteiger partial charge in [0.25, 0.3) is 5.91 Å². The lowest BCUT2D eigenvalue weighted by atomic mass is 10.1. The maximum atomic E-state index is 12.9. The minimum atomic E-state index is -0.569. The molecule has 29 heavy (non-hydrogen) atoms. The summed E-state index contributed by atoms with van der Waals surface area (Å²) in [7, 11) is 1.72. The summed E-state index contributed by atoms with van der Waals surface area (Å²) >= 11 is 0. The molecule has 1 amide bonds. The van der Waals surface area contributed by atoms with E-state index in [1.54, 1.807) is 11.9 Å². The summed E-state index contributed by atoms with van der Waals surface area (Å²) in [5.41, 5.74) is 4.22. The van der Waals surface area contributed by atoms with Crippen LogP contribution < -0.4 is 4.74 Å². The van der Waals surface area contributed by atoms with Crippen LogP contribution in [0.1, 0.15) is 35.9 Å². The molecule has 0 unspecified atom stereocenters. The summed E-state index contributed by atoms with van der Waals surface area (Å²) in [5, 5.41) is 4.03. The van der Waals surface area contributed by atoms with Crippen molar-refractivity contribution in [2.75, 3.05) is 7.05 Å². The van der Waals surface area contributed by atoms with E-state index in [1.165, 1.54) is 0 Å². The van der Waals surface area contributed by atoms with Gasteiger partial charge in [-0.2, -0.15) is 4.98 Å². The quantitative estimate of drug-likeness (QED) is 0.592. The Bertz CT molecular complexity index is 979. The molecule has 0 aliphatic rings. The van der Waals surface area contributed by atoms with Crippen LogP contribution in [-0.4, -0.2) is 34.1 Å². The average molecular weight is 393 g/mol. The fourth-order valence-corrected chi connectivity index (χ4v) is 2.98. The van der Waals surface area contributed by atoms with Gasteiger partial charge in [0.05, 0.1) is 6.54 Å². The van der Waals surface area contributed by atoms with E-state index in [0.29, 0.717) is 18.1 Å². The number of carbonyl (C=O) groups excluding carboxylic acids is 1. The second-order valence-corrected chi connectivity index (χ2v) is 7.28. The number of hydrogen-bond acceptors (Lipinski definition) is 5. The molecule has 0 fully saturated rings. The maximum absolute atomic E-state index is 12.9. The van der Waals surface area contributed by atoms with Gasteiger partial charge in [0.2, 0.25) is 11.7 Å². The van der Waals surface area contributed by atoms with Gasteiger partial charge in [0, 0.05) is 12.6 Å². The van der Waals surface area contributed by atoms with Gasteiger partial charge in [-0.3, -0.25) is 4.79 Å². The summed E-state index contributed by atoms with van der Waals surface area (Å²) in [6.07, 6.45) is -0.00496. The van der Waals surface area contributed by atoms with E-state index in [4.69, 9.17) is 9.26 Å². The van der Waals surface area contributed by atoms with Crippen molar-refractivity contribution in [1.29, 1.82) is 0 Å². The van der Waals surface area contributed by atoms with E-state index in [0.717, 1.165) is 28.0 Å². The van der Waals surface area contributed by atoms with E-state index in [2.05, 4.69) is 10.1 Å². The van der Waals surface area contributed by atoms with Crippen LogP contribution in [0.5, 0.6) is 5.75 Å². The molecule has 3 aromatic rings. The molecule has 1 aromatic heterocycles. The standard InChI is InChI=1S/C23H27N3O3/c1-6-19(28-20-9-7-8-16(3)17(20)4)23(27)26(5)14-21-24-22(25-29-21)18-12-10-15(2)11-13-18/h7-13,19H,6,14H2,1-5H3/t19-/m1/s1. The van der Waals surface area contributed by atoms with Crippen LogP contribution in [0.3, 0.4) is 0 Å². The van der Waals surface area contributed by atoms with Crippen molar-refractivity contribution in [2.45, 2.75) is 46.8 Å². The second-order valence-electron chi connectivity index (χ2n) is 7.28. The Balaban J connectivity index is 1.67. The lowest BCUT2D eigenvalue weighted by Crippen LogP contribution is -2.39. The van der Waals surface area contributed by atoms with Crippen molar-refractivity contribution < 1.29 is 14.1 Å². The van der Waals surface area contributed by atoms with Gasteiger partial charge in [-0.25, -0.2) is 0 Å².